The maximum absolute atomic E-state index is 11.0. The van der Waals surface area contributed by atoms with Gasteiger partial charge in [0.1, 0.15) is 0 Å². The zero-order chi connectivity index (χ0) is 10.3. The SMILES string of the molecule is CC(O)CCNCCC(C)S(C)=O. The minimum Gasteiger partial charge on any atom is -0.393 e. The van der Waals surface area contributed by atoms with Crippen LogP contribution in [0.1, 0.15) is 26.7 Å². The monoisotopic (exact) mass is 207 g/mol. The molecule has 0 aromatic carbocycles. The minimum atomic E-state index is -0.714. The molecular weight excluding hydrogens is 186 g/mol. The standard InChI is InChI=1S/C9H21NO2S/c1-8(11)4-6-10-7-5-9(2)13(3)12/h8-11H,4-7H2,1-3H3. The molecule has 80 valence electrons. The Morgan fingerprint density at radius 2 is 1.85 bits per heavy atom. The Morgan fingerprint density at radius 1 is 1.31 bits per heavy atom. The molecule has 0 heterocycles. The van der Waals surface area contributed by atoms with E-state index in [0.29, 0.717) is 0 Å². The molecule has 3 atom stereocenters. The molecule has 0 aromatic rings. The fourth-order valence-electron chi connectivity index (χ4n) is 0.907. The van der Waals surface area contributed by atoms with E-state index in [9.17, 15) is 4.21 Å². The predicted octanol–water partition coefficient (Wildman–Crippen LogP) is 0.504. The Morgan fingerprint density at radius 3 is 2.31 bits per heavy atom. The summed E-state index contributed by atoms with van der Waals surface area (Å²) in [5, 5.41) is 12.4. The highest BCUT2D eigenvalue weighted by Gasteiger charge is 2.04. The number of rotatable bonds is 7. The molecule has 3 unspecified atom stereocenters. The van der Waals surface area contributed by atoms with Gasteiger partial charge in [-0.25, -0.2) is 0 Å². The van der Waals surface area contributed by atoms with Crippen molar-refractivity contribution in [3.63, 3.8) is 0 Å². The minimum absolute atomic E-state index is 0.231. The van der Waals surface area contributed by atoms with Crippen molar-refractivity contribution < 1.29 is 9.32 Å². The molecule has 13 heavy (non-hydrogen) atoms. The Bertz CT molecular complexity index is 151. The third-order valence-corrected chi connectivity index (χ3v) is 3.40. The van der Waals surface area contributed by atoms with E-state index in [2.05, 4.69) is 5.32 Å². The lowest BCUT2D eigenvalue weighted by Gasteiger charge is -2.09. The van der Waals surface area contributed by atoms with Crippen LogP contribution in [0.2, 0.25) is 0 Å². The van der Waals surface area contributed by atoms with Crippen LogP contribution in [-0.4, -0.2) is 40.0 Å². The largest absolute Gasteiger partial charge is 0.393 e. The van der Waals surface area contributed by atoms with Crippen molar-refractivity contribution in [2.24, 2.45) is 0 Å². The van der Waals surface area contributed by atoms with Gasteiger partial charge in [-0.1, -0.05) is 6.92 Å². The summed E-state index contributed by atoms with van der Waals surface area (Å²) in [6.45, 7) is 5.49. The van der Waals surface area contributed by atoms with Crippen molar-refractivity contribution in [2.45, 2.75) is 38.0 Å². The molecule has 4 heteroatoms. The quantitative estimate of drug-likeness (QED) is 0.598. The zero-order valence-electron chi connectivity index (χ0n) is 8.75. The van der Waals surface area contributed by atoms with Crippen molar-refractivity contribution in [1.82, 2.24) is 5.32 Å². The van der Waals surface area contributed by atoms with Gasteiger partial charge in [0.05, 0.1) is 6.10 Å². The highest BCUT2D eigenvalue weighted by atomic mass is 32.2. The molecule has 0 saturated heterocycles. The second kappa shape index (κ2) is 7.47. The molecule has 0 radical (unpaired) electrons. The van der Waals surface area contributed by atoms with Crippen LogP contribution in [0.3, 0.4) is 0 Å². The van der Waals surface area contributed by atoms with E-state index < -0.39 is 10.8 Å². The summed E-state index contributed by atoms with van der Waals surface area (Å²) < 4.78 is 11.0. The van der Waals surface area contributed by atoms with Crippen LogP contribution in [0, 0.1) is 0 Å². The first-order chi connectivity index (χ1) is 6.04. The van der Waals surface area contributed by atoms with E-state index in [0.717, 1.165) is 25.9 Å². The van der Waals surface area contributed by atoms with Crippen molar-refractivity contribution >= 4 is 10.8 Å². The van der Waals surface area contributed by atoms with Crippen molar-refractivity contribution in [1.29, 1.82) is 0 Å². The van der Waals surface area contributed by atoms with Crippen LogP contribution < -0.4 is 5.32 Å². The number of nitrogens with one attached hydrogen (secondary N) is 1. The molecule has 0 aliphatic carbocycles. The first kappa shape index (κ1) is 13.1. The van der Waals surface area contributed by atoms with Crippen LogP contribution >= 0.6 is 0 Å². The van der Waals surface area contributed by atoms with Gasteiger partial charge in [0.25, 0.3) is 0 Å². The maximum Gasteiger partial charge on any atom is 0.0524 e. The van der Waals surface area contributed by atoms with Gasteiger partial charge in [-0.15, -0.1) is 0 Å². The molecule has 0 fully saturated rings. The van der Waals surface area contributed by atoms with Gasteiger partial charge in [0, 0.05) is 22.3 Å². The number of hydrogen-bond acceptors (Lipinski definition) is 3. The summed E-state index contributed by atoms with van der Waals surface area (Å²) in [6.07, 6.45) is 3.22. The molecule has 0 spiro atoms. The summed E-state index contributed by atoms with van der Waals surface area (Å²) in [5.41, 5.74) is 0. The van der Waals surface area contributed by atoms with Gasteiger partial charge in [0.15, 0.2) is 0 Å². The van der Waals surface area contributed by atoms with Gasteiger partial charge < -0.3 is 10.4 Å². The third kappa shape index (κ3) is 8.40. The highest BCUT2D eigenvalue weighted by Crippen LogP contribution is 1.97. The van der Waals surface area contributed by atoms with Crippen molar-refractivity contribution in [3.05, 3.63) is 0 Å². The van der Waals surface area contributed by atoms with E-state index in [1.165, 1.54) is 0 Å². The fraction of sp³-hybridized carbons (Fsp3) is 1.00. The van der Waals surface area contributed by atoms with Gasteiger partial charge in [-0.2, -0.15) is 0 Å². The lowest BCUT2D eigenvalue weighted by atomic mass is 10.3. The Balaban J connectivity index is 3.21. The van der Waals surface area contributed by atoms with Crippen LogP contribution in [0.4, 0.5) is 0 Å². The molecular formula is C9H21NO2S. The second-order valence-electron chi connectivity index (χ2n) is 3.49. The first-order valence-electron chi connectivity index (χ1n) is 4.75. The van der Waals surface area contributed by atoms with Gasteiger partial charge in [-0.05, 0) is 32.9 Å². The Hall–Kier alpha value is 0.0700. The van der Waals surface area contributed by atoms with E-state index in [1.807, 2.05) is 6.92 Å². The predicted molar refractivity (Wildman–Crippen MR) is 57.3 cm³/mol. The molecule has 0 aliphatic rings. The molecule has 0 saturated carbocycles. The normalized spacial score (nSPS) is 18.2. The van der Waals surface area contributed by atoms with Crippen LogP contribution in [0.25, 0.3) is 0 Å². The molecule has 2 N–H and O–H groups in total. The summed E-state index contributed by atoms with van der Waals surface area (Å²) in [7, 11) is -0.714. The maximum atomic E-state index is 11.0. The van der Waals surface area contributed by atoms with Crippen molar-refractivity contribution in [2.75, 3.05) is 19.3 Å². The van der Waals surface area contributed by atoms with E-state index in [1.54, 1.807) is 13.2 Å². The second-order valence-corrected chi connectivity index (χ2v) is 5.29. The van der Waals surface area contributed by atoms with Gasteiger partial charge in [0.2, 0.25) is 0 Å². The third-order valence-electron chi connectivity index (χ3n) is 2.03. The van der Waals surface area contributed by atoms with E-state index in [-0.39, 0.29) is 11.4 Å². The van der Waals surface area contributed by atoms with Gasteiger partial charge >= 0.3 is 0 Å². The lowest BCUT2D eigenvalue weighted by molar-refractivity contribution is 0.184. The summed E-state index contributed by atoms with van der Waals surface area (Å²) in [4.78, 5) is 0. The first-order valence-corrected chi connectivity index (χ1v) is 6.37. The molecule has 0 aromatic heterocycles. The average molecular weight is 207 g/mol. The summed E-state index contributed by atoms with van der Waals surface area (Å²) in [6, 6.07) is 0. The van der Waals surface area contributed by atoms with Crippen LogP contribution in [0.5, 0.6) is 0 Å². The lowest BCUT2D eigenvalue weighted by Crippen LogP contribution is -2.24. The average Bonchev–Trinajstić information content (AvgIpc) is 2.02. The molecule has 0 amide bonds. The number of hydrogen-bond donors (Lipinski definition) is 2. The number of aliphatic hydroxyl groups is 1. The molecule has 3 nitrogen and oxygen atoms in total. The van der Waals surface area contributed by atoms with Crippen molar-refractivity contribution in [3.8, 4) is 0 Å². The number of aliphatic hydroxyl groups excluding tert-OH is 1. The van der Waals surface area contributed by atoms with E-state index in [4.69, 9.17) is 5.11 Å². The fourth-order valence-corrected chi connectivity index (χ4v) is 1.36. The molecule has 0 bridgehead atoms. The van der Waals surface area contributed by atoms with Crippen LogP contribution in [-0.2, 0) is 10.8 Å². The molecule has 0 aliphatic heterocycles. The van der Waals surface area contributed by atoms with E-state index >= 15 is 0 Å². The molecule has 0 rings (SSSR count). The highest BCUT2D eigenvalue weighted by molar-refractivity contribution is 7.84. The van der Waals surface area contributed by atoms with Crippen LogP contribution in [0.15, 0.2) is 0 Å². The Labute approximate surface area is 83.4 Å². The smallest absolute Gasteiger partial charge is 0.0524 e. The summed E-state index contributed by atoms with van der Waals surface area (Å²) in [5.74, 6) is 0. The topological polar surface area (TPSA) is 49.3 Å². The Kier molecular flexibility index (Phi) is 7.51. The van der Waals surface area contributed by atoms with Gasteiger partial charge in [-0.3, -0.25) is 4.21 Å². The zero-order valence-corrected chi connectivity index (χ0v) is 9.56. The summed E-state index contributed by atoms with van der Waals surface area (Å²) >= 11 is 0.